The molecule has 2 N–H and O–H groups in total. The Morgan fingerprint density at radius 1 is 1.19 bits per heavy atom. The molecule has 0 bridgehead atoms. The van der Waals surface area contributed by atoms with E-state index in [0.29, 0.717) is 16.0 Å². The van der Waals surface area contributed by atoms with Crippen LogP contribution in [0.2, 0.25) is 0 Å². The predicted octanol–water partition coefficient (Wildman–Crippen LogP) is 3.88. The largest absolute Gasteiger partial charge is 0.481 e. The second kappa shape index (κ2) is 10.1. The molecule has 6 nitrogen and oxygen atoms in total. The van der Waals surface area contributed by atoms with E-state index < -0.39 is 29.4 Å². The number of hydrogen-bond acceptors (Lipinski definition) is 6. The summed E-state index contributed by atoms with van der Waals surface area (Å²) < 4.78 is 26.8. The maximum Gasteiger partial charge on any atom is 0.303 e. The van der Waals surface area contributed by atoms with Crippen molar-refractivity contribution in [1.29, 1.82) is 0 Å². The molecular weight excluding hydrogens is 466 g/mol. The summed E-state index contributed by atoms with van der Waals surface area (Å²) in [6, 6.07) is 5.38. The number of carboxylic acid groups (broad SMARTS) is 1. The van der Waals surface area contributed by atoms with E-state index in [0.717, 1.165) is 28.8 Å². The van der Waals surface area contributed by atoms with Crippen LogP contribution in [0.25, 0.3) is 17.2 Å². The van der Waals surface area contributed by atoms with E-state index in [-0.39, 0.29) is 30.3 Å². The third-order valence-electron chi connectivity index (χ3n) is 4.21. The first kappa shape index (κ1) is 23.0. The van der Waals surface area contributed by atoms with Crippen LogP contribution in [-0.2, 0) is 14.4 Å². The molecule has 0 atom stereocenters. The number of rotatable bonds is 8. The van der Waals surface area contributed by atoms with Gasteiger partial charge >= 0.3 is 5.97 Å². The fraction of sp³-hybridized carbons (Fsp3) is 0.200. The molecular formula is C20H16F2N2O4S3. The lowest BCUT2D eigenvalue weighted by Gasteiger charge is -2.13. The molecule has 162 valence electrons. The number of thiocarbonyl (C=S) groups is 1. The van der Waals surface area contributed by atoms with Crippen LogP contribution < -0.4 is 5.32 Å². The van der Waals surface area contributed by atoms with E-state index in [1.165, 1.54) is 22.3 Å². The van der Waals surface area contributed by atoms with Crippen molar-refractivity contribution in [2.45, 2.75) is 12.8 Å². The number of halogens is 2. The van der Waals surface area contributed by atoms with Gasteiger partial charge in [-0.25, -0.2) is 8.78 Å². The Morgan fingerprint density at radius 2 is 1.97 bits per heavy atom. The molecule has 2 heterocycles. The second-order valence-electron chi connectivity index (χ2n) is 6.48. The molecule has 31 heavy (non-hydrogen) atoms. The van der Waals surface area contributed by atoms with Crippen LogP contribution in [0.15, 0.2) is 34.6 Å². The lowest BCUT2D eigenvalue weighted by atomic mass is 10.1. The molecule has 1 saturated heterocycles. The molecule has 1 aromatic carbocycles. The van der Waals surface area contributed by atoms with Crippen LogP contribution in [0.4, 0.5) is 8.78 Å². The number of thioether (sulfide) groups is 1. The number of nitrogens with one attached hydrogen (secondary N) is 1. The summed E-state index contributed by atoms with van der Waals surface area (Å²) in [7, 11) is 0. The number of nitrogens with zero attached hydrogens (tertiary/aromatic N) is 1. The monoisotopic (exact) mass is 482 g/mol. The Hall–Kier alpha value is -2.63. The Balaban J connectivity index is 1.64. The lowest BCUT2D eigenvalue weighted by molar-refractivity contribution is -0.137. The molecule has 0 spiro atoms. The fourth-order valence-corrected chi connectivity index (χ4v) is 4.86. The molecule has 2 aromatic rings. The number of carbonyl (C=O) groups excluding carboxylic acids is 2. The van der Waals surface area contributed by atoms with Crippen molar-refractivity contribution in [2.75, 3.05) is 13.1 Å². The van der Waals surface area contributed by atoms with Gasteiger partial charge in [0.1, 0.15) is 10.9 Å². The minimum atomic E-state index is -0.947. The van der Waals surface area contributed by atoms with E-state index in [1.54, 1.807) is 17.5 Å². The standard InChI is InChI=1S/C20H16F2N2O4S3/c21-14-4-3-11(7-15(14)22)12-6-13(30-10-12)8-16-19(28)24(20(29)31-16)9-17(25)23-5-1-2-18(26)27/h3-4,6-8,10H,1-2,5,9H2,(H,23,25)(H,26,27). The minimum Gasteiger partial charge on any atom is -0.481 e. The van der Waals surface area contributed by atoms with Gasteiger partial charge in [0.2, 0.25) is 5.91 Å². The van der Waals surface area contributed by atoms with Crippen molar-refractivity contribution in [2.24, 2.45) is 0 Å². The summed E-state index contributed by atoms with van der Waals surface area (Å²) in [6.45, 7) is -0.0582. The zero-order valence-corrected chi connectivity index (χ0v) is 18.3. The topological polar surface area (TPSA) is 86.7 Å². The van der Waals surface area contributed by atoms with Gasteiger partial charge in [0.25, 0.3) is 5.91 Å². The molecule has 11 heteroatoms. The maximum absolute atomic E-state index is 13.5. The van der Waals surface area contributed by atoms with Crippen molar-refractivity contribution in [3.63, 3.8) is 0 Å². The number of thiophene rings is 1. The molecule has 1 aliphatic rings. The highest BCUT2D eigenvalue weighted by atomic mass is 32.2. The number of hydrogen-bond donors (Lipinski definition) is 2. The van der Waals surface area contributed by atoms with Crippen LogP contribution in [0, 0.1) is 11.6 Å². The number of aliphatic carboxylic acids is 1. The van der Waals surface area contributed by atoms with Gasteiger partial charge in [-0.15, -0.1) is 11.3 Å². The average Bonchev–Trinajstić information content (AvgIpc) is 3.28. The third kappa shape index (κ3) is 5.96. The zero-order chi connectivity index (χ0) is 22.5. The van der Waals surface area contributed by atoms with E-state index in [1.807, 2.05) is 0 Å². The van der Waals surface area contributed by atoms with Gasteiger partial charge in [-0.2, -0.15) is 0 Å². The molecule has 0 saturated carbocycles. The van der Waals surface area contributed by atoms with E-state index in [9.17, 15) is 23.2 Å². The van der Waals surface area contributed by atoms with Gasteiger partial charge in [-0.3, -0.25) is 19.3 Å². The van der Waals surface area contributed by atoms with E-state index in [2.05, 4.69) is 5.32 Å². The molecule has 3 rings (SSSR count). The normalized spacial score (nSPS) is 15.0. The van der Waals surface area contributed by atoms with Crippen molar-refractivity contribution < 1.29 is 28.3 Å². The number of carbonyl (C=O) groups is 3. The highest BCUT2D eigenvalue weighted by molar-refractivity contribution is 8.26. The van der Waals surface area contributed by atoms with Crippen molar-refractivity contribution >= 4 is 63.5 Å². The predicted molar refractivity (Wildman–Crippen MR) is 119 cm³/mol. The van der Waals surface area contributed by atoms with Crippen molar-refractivity contribution in [3.8, 4) is 11.1 Å². The van der Waals surface area contributed by atoms with Crippen LogP contribution in [0.5, 0.6) is 0 Å². The Labute approximate surface area is 189 Å². The molecule has 2 amide bonds. The quantitative estimate of drug-likeness (QED) is 0.337. The SMILES string of the molecule is O=C(O)CCCNC(=O)CN1C(=O)C(=Cc2cc(-c3ccc(F)c(F)c3)cs2)SC1=S. The summed E-state index contributed by atoms with van der Waals surface area (Å²) >= 11 is 7.60. The lowest BCUT2D eigenvalue weighted by Crippen LogP contribution is -2.39. The van der Waals surface area contributed by atoms with Gasteiger partial charge in [0, 0.05) is 17.8 Å². The van der Waals surface area contributed by atoms with Crippen molar-refractivity contribution in [3.05, 3.63) is 51.1 Å². The van der Waals surface area contributed by atoms with Crippen LogP contribution >= 0.6 is 35.3 Å². The first-order chi connectivity index (χ1) is 14.7. The summed E-state index contributed by atoms with van der Waals surface area (Å²) in [5.41, 5.74) is 1.20. The van der Waals surface area contributed by atoms with Gasteiger partial charge in [0.05, 0.1) is 4.91 Å². The molecule has 0 radical (unpaired) electrons. The highest BCUT2D eigenvalue weighted by Crippen LogP contribution is 2.35. The molecule has 1 fully saturated rings. The van der Waals surface area contributed by atoms with Gasteiger partial charge in [0.15, 0.2) is 11.6 Å². The number of carboxylic acids is 1. The smallest absolute Gasteiger partial charge is 0.303 e. The zero-order valence-electron chi connectivity index (χ0n) is 15.9. The van der Waals surface area contributed by atoms with Crippen LogP contribution in [-0.4, -0.2) is 45.2 Å². The minimum absolute atomic E-state index is 0.0581. The first-order valence-corrected chi connectivity index (χ1v) is 11.1. The Kier molecular flexibility index (Phi) is 7.52. The molecule has 1 aromatic heterocycles. The Morgan fingerprint density at radius 3 is 2.68 bits per heavy atom. The fourth-order valence-electron chi connectivity index (χ4n) is 2.69. The van der Waals surface area contributed by atoms with Crippen molar-refractivity contribution in [1.82, 2.24) is 10.2 Å². The van der Waals surface area contributed by atoms with E-state index >= 15 is 0 Å². The highest BCUT2D eigenvalue weighted by Gasteiger charge is 2.33. The summed E-state index contributed by atoms with van der Waals surface area (Å²) in [6.07, 6.45) is 1.87. The molecule has 0 unspecified atom stereocenters. The van der Waals surface area contributed by atoms with E-state index in [4.69, 9.17) is 17.3 Å². The Bertz CT molecular complexity index is 1080. The number of amides is 2. The summed E-state index contributed by atoms with van der Waals surface area (Å²) in [5.74, 6) is -3.64. The maximum atomic E-state index is 13.5. The second-order valence-corrected chi connectivity index (χ2v) is 9.10. The summed E-state index contributed by atoms with van der Waals surface area (Å²) in [4.78, 5) is 37.4. The molecule has 1 aliphatic heterocycles. The number of benzene rings is 1. The van der Waals surface area contributed by atoms with Crippen LogP contribution in [0.3, 0.4) is 0 Å². The first-order valence-electron chi connectivity index (χ1n) is 9.02. The average molecular weight is 483 g/mol. The van der Waals surface area contributed by atoms with Gasteiger partial charge in [-0.05, 0) is 47.2 Å². The molecule has 0 aliphatic carbocycles. The summed E-state index contributed by atoms with van der Waals surface area (Å²) in [5, 5.41) is 12.9. The van der Waals surface area contributed by atoms with Gasteiger partial charge < -0.3 is 10.4 Å². The third-order valence-corrected chi connectivity index (χ3v) is 6.47. The van der Waals surface area contributed by atoms with Gasteiger partial charge in [-0.1, -0.05) is 30.0 Å². The van der Waals surface area contributed by atoms with Crippen LogP contribution in [0.1, 0.15) is 17.7 Å².